The van der Waals surface area contributed by atoms with Crippen molar-refractivity contribution in [1.82, 2.24) is 0 Å². The molecule has 0 amide bonds. The summed E-state index contributed by atoms with van der Waals surface area (Å²) in [6.45, 7) is 1.50. The maximum Gasteiger partial charge on any atom is 0.306 e. The molecule has 0 heterocycles. The molecule has 1 rings (SSSR count). The van der Waals surface area contributed by atoms with Crippen LogP contribution in [0.15, 0.2) is 12.1 Å². The van der Waals surface area contributed by atoms with Crippen LogP contribution in [0, 0.1) is 11.7 Å². The number of hydrogen-bond donors (Lipinski definition) is 2. The quantitative estimate of drug-likeness (QED) is 0.824. The number of aliphatic carboxylic acids is 1. The van der Waals surface area contributed by atoms with Gasteiger partial charge in [-0.3, -0.25) is 4.79 Å². The summed E-state index contributed by atoms with van der Waals surface area (Å²) < 4.78 is 17.8. The monoisotopic (exact) mass is 228 g/mol. The molecule has 0 spiro atoms. The highest BCUT2D eigenvalue weighted by Gasteiger charge is 2.18. The fourth-order valence-corrected chi connectivity index (χ4v) is 1.38. The molecule has 0 radical (unpaired) electrons. The lowest BCUT2D eigenvalue weighted by Crippen LogP contribution is -2.13. The molecule has 0 fully saturated rings. The van der Waals surface area contributed by atoms with Crippen molar-refractivity contribution in [3.63, 3.8) is 0 Å². The average Bonchev–Trinajstić information content (AvgIpc) is 2.21. The largest absolute Gasteiger partial charge is 0.507 e. The third-order valence-electron chi connectivity index (χ3n) is 2.30. The first-order chi connectivity index (χ1) is 7.45. The molecule has 1 aromatic carbocycles. The molecule has 2 N–H and O–H groups in total. The molecular formula is C11H13FO4. The molecule has 0 aliphatic carbocycles. The second-order valence-electron chi connectivity index (χ2n) is 3.55. The number of rotatable bonds is 4. The van der Waals surface area contributed by atoms with Crippen LogP contribution in [0.25, 0.3) is 0 Å². The van der Waals surface area contributed by atoms with Gasteiger partial charge >= 0.3 is 5.97 Å². The predicted molar refractivity (Wildman–Crippen MR) is 55.1 cm³/mol. The van der Waals surface area contributed by atoms with E-state index >= 15 is 0 Å². The van der Waals surface area contributed by atoms with Gasteiger partial charge in [0.25, 0.3) is 0 Å². The zero-order valence-electron chi connectivity index (χ0n) is 9.03. The number of phenols is 1. The summed E-state index contributed by atoms with van der Waals surface area (Å²) in [7, 11) is 1.34. The highest BCUT2D eigenvalue weighted by atomic mass is 19.1. The minimum atomic E-state index is -0.981. The van der Waals surface area contributed by atoms with Crippen LogP contribution >= 0.6 is 0 Å². The SMILES string of the molecule is COc1cc(F)cc(O)c1CC(C)C(=O)O. The van der Waals surface area contributed by atoms with Crippen LogP contribution < -0.4 is 4.74 Å². The van der Waals surface area contributed by atoms with Gasteiger partial charge in [-0.15, -0.1) is 0 Å². The van der Waals surface area contributed by atoms with Crippen LogP contribution in [-0.4, -0.2) is 23.3 Å². The number of aromatic hydroxyl groups is 1. The highest BCUT2D eigenvalue weighted by molar-refractivity contribution is 5.70. The molecule has 0 bridgehead atoms. The second-order valence-corrected chi connectivity index (χ2v) is 3.55. The Morgan fingerprint density at radius 3 is 2.69 bits per heavy atom. The predicted octanol–water partition coefficient (Wildman–Crippen LogP) is 1.80. The third kappa shape index (κ3) is 2.62. The Labute approximate surface area is 92.3 Å². The van der Waals surface area contributed by atoms with E-state index < -0.39 is 17.7 Å². The summed E-state index contributed by atoms with van der Waals surface area (Å²) in [6, 6.07) is 2.05. The van der Waals surface area contributed by atoms with Crippen LogP contribution in [0.5, 0.6) is 11.5 Å². The Balaban J connectivity index is 3.07. The van der Waals surface area contributed by atoms with Crippen molar-refractivity contribution in [2.24, 2.45) is 5.92 Å². The lowest BCUT2D eigenvalue weighted by atomic mass is 9.99. The van der Waals surface area contributed by atoms with E-state index in [1.807, 2.05) is 0 Å². The average molecular weight is 228 g/mol. The lowest BCUT2D eigenvalue weighted by molar-refractivity contribution is -0.141. The van der Waals surface area contributed by atoms with Crippen molar-refractivity contribution >= 4 is 5.97 Å². The van der Waals surface area contributed by atoms with Crippen molar-refractivity contribution in [1.29, 1.82) is 0 Å². The summed E-state index contributed by atoms with van der Waals surface area (Å²) in [4.78, 5) is 10.7. The highest BCUT2D eigenvalue weighted by Crippen LogP contribution is 2.31. The van der Waals surface area contributed by atoms with Crippen LogP contribution in [-0.2, 0) is 11.2 Å². The number of carboxylic acids is 1. The van der Waals surface area contributed by atoms with E-state index in [1.54, 1.807) is 0 Å². The van der Waals surface area contributed by atoms with Crippen molar-refractivity contribution in [2.45, 2.75) is 13.3 Å². The Morgan fingerprint density at radius 2 is 2.19 bits per heavy atom. The molecule has 0 saturated heterocycles. The molecule has 0 aromatic heterocycles. The van der Waals surface area contributed by atoms with Gasteiger partial charge in [0.05, 0.1) is 13.0 Å². The lowest BCUT2D eigenvalue weighted by Gasteiger charge is -2.12. The van der Waals surface area contributed by atoms with Gasteiger partial charge in [-0.25, -0.2) is 4.39 Å². The van der Waals surface area contributed by atoms with Gasteiger partial charge in [0.2, 0.25) is 0 Å². The molecule has 1 atom stereocenters. The Hall–Kier alpha value is -1.78. The molecule has 16 heavy (non-hydrogen) atoms. The molecule has 4 nitrogen and oxygen atoms in total. The summed E-state index contributed by atoms with van der Waals surface area (Å²) in [5, 5.41) is 18.3. The van der Waals surface area contributed by atoms with Gasteiger partial charge in [-0.1, -0.05) is 6.92 Å². The molecule has 0 saturated carbocycles. The van der Waals surface area contributed by atoms with Crippen molar-refractivity contribution < 1.29 is 24.1 Å². The fraction of sp³-hybridized carbons (Fsp3) is 0.364. The van der Waals surface area contributed by atoms with E-state index in [4.69, 9.17) is 9.84 Å². The molecule has 1 aromatic rings. The first-order valence-corrected chi connectivity index (χ1v) is 4.74. The van der Waals surface area contributed by atoms with Gasteiger partial charge in [-0.2, -0.15) is 0 Å². The number of methoxy groups -OCH3 is 1. The zero-order valence-corrected chi connectivity index (χ0v) is 9.03. The maximum atomic E-state index is 12.9. The van der Waals surface area contributed by atoms with Crippen LogP contribution in [0.3, 0.4) is 0 Å². The normalized spacial score (nSPS) is 12.2. The standard InChI is InChI=1S/C11H13FO4/c1-6(11(14)15)3-8-9(13)4-7(12)5-10(8)16-2/h4-6,13H,3H2,1-2H3,(H,14,15). The number of carboxylic acid groups (broad SMARTS) is 1. The zero-order chi connectivity index (χ0) is 12.3. The molecule has 0 aliphatic heterocycles. The second kappa shape index (κ2) is 4.83. The van der Waals surface area contributed by atoms with E-state index in [0.717, 1.165) is 12.1 Å². The van der Waals surface area contributed by atoms with Crippen LogP contribution in [0.2, 0.25) is 0 Å². The van der Waals surface area contributed by atoms with Crippen LogP contribution in [0.4, 0.5) is 4.39 Å². The molecule has 0 aliphatic rings. The molecule has 5 heteroatoms. The van der Waals surface area contributed by atoms with Crippen molar-refractivity contribution in [3.8, 4) is 11.5 Å². The van der Waals surface area contributed by atoms with Crippen LogP contribution in [0.1, 0.15) is 12.5 Å². The number of benzene rings is 1. The summed E-state index contributed by atoms with van der Waals surface area (Å²) in [5.41, 5.74) is 0.304. The minimum Gasteiger partial charge on any atom is -0.507 e. The topological polar surface area (TPSA) is 66.8 Å². The van der Waals surface area contributed by atoms with Gasteiger partial charge in [0, 0.05) is 17.7 Å². The smallest absolute Gasteiger partial charge is 0.306 e. The van der Waals surface area contributed by atoms with Gasteiger partial charge in [0.15, 0.2) is 0 Å². The Morgan fingerprint density at radius 1 is 1.56 bits per heavy atom. The van der Waals surface area contributed by atoms with E-state index in [2.05, 4.69) is 0 Å². The van der Waals surface area contributed by atoms with Gasteiger partial charge in [-0.05, 0) is 6.42 Å². The summed E-state index contributed by atoms with van der Waals surface area (Å²) in [6.07, 6.45) is 0.0879. The number of carbonyl (C=O) groups is 1. The summed E-state index contributed by atoms with van der Waals surface area (Å²) >= 11 is 0. The number of hydrogen-bond acceptors (Lipinski definition) is 3. The van der Waals surface area contributed by atoms with E-state index in [1.165, 1.54) is 14.0 Å². The first-order valence-electron chi connectivity index (χ1n) is 4.74. The van der Waals surface area contributed by atoms with E-state index in [9.17, 15) is 14.3 Å². The first kappa shape index (κ1) is 12.3. The Kier molecular flexibility index (Phi) is 3.71. The summed E-state index contributed by atoms with van der Waals surface area (Å²) in [5.74, 6) is -2.41. The van der Waals surface area contributed by atoms with Crippen molar-refractivity contribution in [3.05, 3.63) is 23.5 Å². The fourth-order valence-electron chi connectivity index (χ4n) is 1.38. The van der Waals surface area contributed by atoms with Gasteiger partial charge < -0.3 is 14.9 Å². The third-order valence-corrected chi connectivity index (χ3v) is 2.30. The number of phenolic OH excluding ortho intramolecular Hbond substituents is 1. The van der Waals surface area contributed by atoms with Gasteiger partial charge in [0.1, 0.15) is 17.3 Å². The molecule has 1 unspecified atom stereocenters. The molecule has 88 valence electrons. The van der Waals surface area contributed by atoms with E-state index in [-0.39, 0.29) is 17.9 Å². The van der Waals surface area contributed by atoms with Crippen molar-refractivity contribution in [2.75, 3.05) is 7.11 Å². The molecular weight excluding hydrogens is 215 g/mol. The van der Waals surface area contributed by atoms with E-state index in [0.29, 0.717) is 5.56 Å². The maximum absolute atomic E-state index is 12.9. The minimum absolute atomic E-state index is 0.0879. The number of ether oxygens (including phenoxy) is 1. The Bertz CT molecular complexity index is 403. The number of halogens is 1.